The van der Waals surface area contributed by atoms with E-state index in [1.54, 1.807) is 29.6 Å². The molecule has 1 heterocycles. The normalized spacial score (nSPS) is 13.1. The number of amides is 2. The summed E-state index contributed by atoms with van der Waals surface area (Å²) in [4.78, 5) is 41.5. The summed E-state index contributed by atoms with van der Waals surface area (Å²) in [7, 11) is 0. The van der Waals surface area contributed by atoms with Crippen LogP contribution >= 0.6 is 23.5 Å². The van der Waals surface area contributed by atoms with Crippen LogP contribution in [0.2, 0.25) is 0 Å². The molecule has 58 heavy (non-hydrogen) atoms. The number of carbonyl (C=O) groups excluding carboxylic acids is 2. The predicted octanol–water partition coefficient (Wildman–Crippen LogP) is 11.5. The maximum Gasteiger partial charge on any atom is 0.337 e. The summed E-state index contributed by atoms with van der Waals surface area (Å²) in [5, 5.41) is 10.9. The first-order valence-corrected chi connectivity index (χ1v) is 21.2. The molecule has 1 aliphatic heterocycles. The van der Waals surface area contributed by atoms with E-state index in [2.05, 4.69) is 72.8 Å². The Bertz CT molecular complexity index is 2310. The Morgan fingerprint density at radius 2 is 0.793 bits per heavy atom. The smallest absolute Gasteiger partial charge is 0.337 e. The second-order valence-electron chi connectivity index (χ2n) is 14.2. The fraction of sp³-hybridized carbons (Fsp3) is 0.118. The van der Waals surface area contributed by atoms with Crippen LogP contribution in [0.5, 0.6) is 0 Å². The predicted molar refractivity (Wildman–Crippen MR) is 236 cm³/mol. The Balaban J connectivity index is 1.30. The van der Waals surface area contributed by atoms with E-state index in [-0.39, 0.29) is 24.1 Å². The van der Waals surface area contributed by atoms with Crippen LogP contribution in [0.25, 0.3) is 0 Å². The summed E-state index contributed by atoms with van der Waals surface area (Å²) < 4.78 is -1.37. The lowest BCUT2D eigenvalue weighted by Gasteiger charge is -2.36. The van der Waals surface area contributed by atoms with Gasteiger partial charge in [-0.2, -0.15) is 0 Å². The molecule has 0 aromatic heterocycles. The van der Waals surface area contributed by atoms with E-state index in [0.29, 0.717) is 17.1 Å². The Morgan fingerprint density at radius 3 is 1.10 bits per heavy atom. The van der Waals surface area contributed by atoms with Gasteiger partial charge in [-0.3, -0.25) is 9.59 Å². The number of anilines is 1. The van der Waals surface area contributed by atoms with Crippen molar-refractivity contribution in [1.29, 1.82) is 0 Å². The number of nitrogens with zero attached hydrogens (tertiary/aromatic N) is 1. The van der Waals surface area contributed by atoms with Crippen molar-refractivity contribution >= 4 is 47.0 Å². The summed E-state index contributed by atoms with van der Waals surface area (Å²) in [6, 6.07) is 65.7. The monoisotopic (exact) mass is 795 g/mol. The Morgan fingerprint density at radius 1 is 0.483 bits per heavy atom. The molecule has 1 aliphatic rings. The molecule has 1 saturated heterocycles. The lowest BCUT2D eigenvalue weighted by atomic mass is 9.84. The van der Waals surface area contributed by atoms with E-state index in [9.17, 15) is 19.5 Å². The van der Waals surface area contributed by atoms with Crippen molar-refractivity contribution in [3.63, 3.8) is 0 Å². The zero-order valence-electron chi connectivity index (χ0n) is 31.7. The van der Waals surface area contributed by atoms with E-state index < -0.39 is 27.3 Å². The molecule has 0 aliphatic carbocycles. The van der Waals surface area contributed by atoms with E-state index in [1.165, 1.54) is 0 Å². The molecule has 0 atom stereocenters. The zero-order valence-corrected chi connectivity index (χ0v) is 33.4. The minimum Gasteiger partial charge on any atom is -0.478 e. The summed E-state index contributed by atoms with van der Waals surface area (Å²) in [5.41, 5.74) is 7.91. The Kier molecular flexibility index (Phi) is 11.4. The van der Waals surface area contributed by atoms with Crippen LogP contribution in [0.3, 0.4) is 0 Å². The standard InChI is InChI=1S/C51H41NO4S2/c53-46-31-32-47(54)52(46)48-38(36-58-51(42-25-13-4-14-26-42,43-27-15-5-16-28-43)44-29-17-6-18-30-44)33-37(34-45(48)49(55)56)35-57-50(39-19-7-1-8-20-39,40-21-9-2-10-22-40)41-23-11-3-12-24-41/h1-30,33-34H,31-32,35-36H2,(H,55,56). The first-order chi connectivity index (χ1) is 28.4. The van der Waals surface area contributed by atoms with Gasteiger partial charge in [0, 0.05) is 24.3 Å². The molecule has 0 spiro atoms. The zero-order chi connectivity index (χ0) is 40.0. The molecule has 8 rings (SSSR count). The summed E-state index contributed by atoms with van der Waals surface area (Å²) in [5.74, 6) is -1.25. The SMILES string of the molecule is O=C(O)c1cc(CSC(c2ccccc2)(c2ccccc2)c2ccccc2)cc(CSC(c2ccccc2)(c2ccccc2)c2ccccc2)c1N1C(=O)CCC1=O. The van der Waals surface area contributed by atoms with Crippen molar-refractivity contribution in [1.82, 2.24) is 0 Å². The molecule has 5 nitrogen and oxygen atoms in total. The molecule has 7 aromatic carbocycles. The highest BCUT2D eigenvalue weighted by molar-refractivity contribution is 8.00. The topological polar surface area (TPSA) is 74.7 Å². The Labute approximate surface area is 347 Å². The molecular weight excluding hydrogens is 755 g/mol. The van der Waals surface area contributed by atoms with Gasteiger partial charge in [0.1, 0.15) is 0 Å². The van der Waals surface area contributed by atoms with Crippen LogP contribution < -0.4 is 4.90 Å². The number of aromatic carboxylic acids is 1. The minimum absolute atomic E-state index is 0.0395. The minimum atomic E-state index is -1.19. The number of carboxylic acid groups (broad SMARTS) is 1. The van der Waals surface area contributed by atoms with Gasteiger partial charge in [0.2, 0.25) is 11.8 Å². The van der Waals surface area contributed by atoms with E-state index in [0.717, 1.165) is 43.8 Å². The number of hydrogen-bond acceptors (Lipinski definition) is 5. The second-order valence-corrected chi connectivity index (χ2v) is 16.6. The van der Waals surface area contributed by atoms with Gasteiger partial charge < -0.3 is 5.11 Å². The van der Waals surface area contributed by atoms with Crippen molar-refractivity contribution in [2.75, 3.05) is 4.90 Å². The van der Waals surface area contributed by atoms with Gasteiger partial charge in [0.15, 0.2) is 0 Å². The van der Waals surface area contributed by atoms with E-state index in [1.807, 2.05) is 115 Å². The molecule has 0 unspecified atom stereocenters. The molecule has 1 fully saturated rings. The van der Waals surface area contributed by atoms with E-state index in [4.69, 9.17) is 0 Å². The fourth-order valence-corrected chi connectivity index (χ4v) is 11.1. The Hall–Kier alpha value is -6.15. The van der Waals surface area contributed by atoms with Gasteiger partial charge in [0.05, 0.1) is 20.7 Å². The third kappa shape index (κ3) is 7.39. The molecular formula is C51H41NO4S2. The van der Waals surface area contributed by atoms with Crippen LogP contribution in [0.1, 0.15) is 67.7 Å². The lowest BCUT2D eigenvalue weighted by molar-refractivity contribution is -0.121. The fourth-order valence-electron chi connectivity index (χ4n) is 8.12. The number of hydrogen-bond donors (Lipinski definition) is 1. The average Bonchev–Trinajstić information content (AvgIpc) is 3.62. The average molecular weight is 796 g/mol. The van der Waals surface area contributed by atoms with Crippen molar-refractivity contribution in [3.8, 4) is 0 Å². The first-order valence-electron chi connectivity index (χ1n) is 19.3. The highest BCUT2D eigenvalue weighted by Crippen LogP contribution is 2.52. The maximum absolute atomic E-state index is 13.5. The molecule has 7 heteroatoms. The second kappa shape index (κ2) is 17.1. The highest BCUT2D eigenvalue weighted by atomic mass is 32.2. The number of carbonyl (C=O) groups is 3. The summed E-state index contributed by atoms with van der Waals surface area (Å²) in [6.07, 6.45) is 0.0790. The van der Waals surface area contributed by atoms with Crippen LogP contribution in [-0.2, 0) is 30.6 Å². The summed E-state index contributed by atoms with van der Waals surface area (Å²) >= 11 is 3.37. The van der Waals surface area contributed by atoms with Gasteiger partial charge >= 0.3 is 5.97 Å². The third-order valence-electron chi connectivity index (χ3n) is 10.7. The largest absolute Gasteiger partial charge is 0.478 e. The van der Waals surface area contributed by atoms with Crippen LogP contribution in [-0.4, -0.2) is 22.9 Å². The number of imide groups is 1. The lowest BCUT2D eigenvalue weighted by Crippen LogP contribution is -2.32. The molecule has 0 saturated carbocycles. The van der Waals surface area contributed by atoms with Gasteiger partial charge in [-0.15, -0.1) is 23.5 Å². The van der Waals surface area contributed by atoms with Crippen molar-refractivity contribution in [3.05, 3.63) is 244 Å². The molecule has 0 bridgehead atoms. The van der Waals surface area contributed by atoms with Gasteiger partial charge in [0.25, 0.3) is 0 Å². The number of carboxylic acids is 1. The van der Waals surface area contributed by atoms with Crippen LogP contribution in [0, 0.1) is 0 Å². The molecule has 2 amide bonds. The highest BCUT2D eigenvalue weighted by Gasteiger charge is 2.41. The van der Waals surface area contributed by atoms with Crippen molar-refractivity contribution < 1.29 is 19.5 Å². The molecule has 0 radical (unpaired) electrons. The number of rotatable bonds is 14. The number of thioether (sulfide) groups is 2. The maximum atomic E-state index is 13.5. The molecule has 286 valence electrons. The van der Waals surface area contributed by atoms with E-state index >= 15 is 0 Å². The van der Waals surface area contributed by atoms with Gasteiger partial charge in [-0.25, -0.2) is 9.69 Å². The van der Waals surface area contributed by atoms with Crippen molar-refractivity contribution in [2.24, 2.45) is 0 Å². The first kappa shape index (κ1) is 38.7. The van der Waals surface area contributed by atoms with Gasteiger partial charge in [-0.05, 0) is 50.6 Å². The van der Waals surface area contributed by atoms with Gasteiger partial charge in [-0.1, -0.05) is 188 Å². The summed E-state index contributed by atoms with van der Waals surface area (Å²) in [6.45, 7) is 0. The van der Waals surface area contributed by atoms with Crippen molar-refractivity contribution in [2.45, 2.75) is 33.8 Å². The number of benzene rings is 7. The molecule has 1 N–H and O–H groups in total. The third-order valence-corrected chi connectivity index (χ3v) is 13.9. The quantitative estimate of drug-likeness (QED) is 0.0873. The molecule has 7 aromatic rings. The van der Waals surface area contributed by atoms with Crippen LogP contribution in [0.4, 0.5) is 5.69 Å². The van der Waals surface area contributed by atoms with Crippen LogP contribution in [0.15, 0.2) is 194 Å².